The van der Waals surface area contributed by atoms with Gasteiger partial charge in [0.15, 0.2) is 0 Å². The molecule has 1 aliphatic rings. The number of hydrogen-bond acceptors (Lipinski definition) is 2. The van der Waals surface area contributed by atoms with E-state index >= 15 is 0 Å². The highest BCUT2D eigenvalue weighted by atomic mass is 79.9. The fourth-order valence-corrected chi connectivity index (χ4v) is 3.31. The van der Waals surface area contributed by atoms with Gasteiger partial charge in [-0.25, -0.2) is 4.39 Å². The van der Waals surface area contributed by atoms with Crippen molar-refractivity contribution in [3.63, 3.8) is 0 Å². The number of rotatable bonds is 1. The SMILES string of the molecule is Cc1ccc(C2CC(N)c3ccc(F)cc3O2)c(Br)c1. The minimum absolute atomic E-state index is 0.141. The Morgan fingerprint density at radius 3 is 2.70 bits per heavy atom. The van der Waals surface area contributed by atoms with Gasteiger partial charge >= 0.3 is 0 Å². The third-order valence-electron chi connectivity index (χ3n) is 3.62. The summed E-state index contributed by atoms with van der Waals surface area (Å²) in [5.41, 5.74) is 9.27. The van der Waals surface area contributed by atoms with E-state index in [1.807, 2.05) is 25.1 Å². The Labute approximate surface area is 125 Å². The summed E-state index contributed by atoms with van der Waals surface area (Å²) in [6, 6.07) is 10.5. The fraction of sp³-hybridized carbons (Fsp3) is 0.250. The minimum Gasteiger partial charge on any atom is -0.485 e. The third kappa shape index (κ3) is 2.45. The molecule has 0 saturated heterocycles. The second-order valence-corrected chi connectivity index (χ2v) is 6.01. The lowest BCUT2D eigenvalue weighted by Crippen LogP contribution is -2.24. The van der Waals surface area contributed by atoms with E-state index in [-0.39, 0.29) is 18.0 Å². The normalized spacial score (nSPS) is 21.2. The summed E-state index contributed by atoms with van der Waals surface area (Å²) >= 11 is 3.56. The average molecular weight is 336 g/mol. The van der Waals surface area contributed by atoms with Gasteiger partial charge in [-0.3, -0.25) is 0 Å². The lowest BCUT2D eigenvalue weighted by atomic mass is 9.93. The smallest absolute Gasteiger partial charge is 0.127 e. The molecule has 2 aromatic rings. The van der Waals surface area contributed by atoms with Crippen molar-refractivity contribution in [1.82, 2.24) is 0 Å². The van der Waals surface area contributed by atoms with E-state index in [9.17, 15) is 4.39 Å². The van der Waals surface area contributed by atoms with Gasteiger partial charge in [0.25, 0.3) is 0 Å². The van der Waals surface area contributed by atoms with Gasteiger partial charge in [-0.15, -0.1) is 0 Å². The lowest BCUT2D eigenvalue weighted by Gasteiger charge is -2.31. The minimum atomic E-state index is -0.306. The molecule has 1 aliphatic heterocycles. The quantitative estimate of drug-likeness (QED) is 0.837. The van der Waals surface area contributed by atoms with Crippen LogP contribution >= 0.6 is 15.9 Å². The molecule has 0 aliphatic carbocycles. The Morgan fingerprint density at radius 1 is 1.20 bits per heavy atom. The number of hydrogen-bond donors (Lipinski definition) is 1. The molecule has 0 spiro atoms. The maximum Gasteiger partial charge on any atom is 0.127 e. The highest BCUT2D eigenvalue weighted by molar-refractivity contribution is 9.10. The van der Waals surface area contributed by atoms with E-state index < -0.39 is 0 Å². The molecule has 0 amide bonds. The van der Waals surface area contributed by atoms with Crippen LogP contribution in [0.5, 0.6) is 5.75 Å². The molecular weight excluding hydrogens is 321 g/mol. The Bertz CT molecular complexity index is 659. The summed E-state index contributed by atoms with van der Waals surface area (Å²) in [5, 5.41) is 0. The van der Waals surface area contributed by atoms with Crippen LogP contribution in [0.4, 0.5) is 4.39 Å². The van der Waals surface area contributed by atoms with Crippen LogP contribution in [0.15, 0.2) is 40.9 Å². The van der Waals surface area contributed by atoms with Crippen LogP contribution in [0.3, 0.4) is 0 Å². The van der Waals surface area contributed by atoms with Crippen LogP contribution in [-0.4, -0.2) is 0 Å². The fourth-order valence-electron chi connectivity index (χ4n) is 2.56. The molecule has 104 valence electrons. The first kappa shape index (κ1) is 13.6. The zero-order chi connectivity index (χ0) is 14.3. The van der Waals surface area contributed by atoms with E-state index in [0.717, 1.165) is 15.6 Å². The molecule has 4 heteroatoms. The standard InChI is InChI=1S/C16H15BrFNO/c1-9-2-4-11(13(17)6-9)16-8-14(19)12-5-3-10(18)7-15(12)20-16/h2-7,14,16H,8,19H2,1H3. The Balaban J connectivity index is 1.98. The number of fused-ring (bicyclic) bond motifs is 1. The number of benzene rings is 2. The maximum absolute atomic E-state index is 13.4. The third-order valence-corrected chi connectivity index (χ3v) is 4.30. The van der Waals surface area contributed by atoms with Gasteiger partial charge in [-0.2, -0.15) is 0 Å². The molecule has 0 aromatic heterocycles. The summed E-state index contributed by atoms with van der Waals surface area (Å²) < 4.78 is 20.3. The molecule has 0 radical (unpaired) electrons. The van der Waals surface area contributed by atoms with Gasteiger partial charge in [0.2, 0.25) is 0 Å². The van der Waals surface area contributed by atoms with E-state index in [4.69, 9.17) is 10.5 Å². The Morgan fingerprint density at radius 2 is 1.95 bits per heavy atom. The zero-order valence-electron chi connectivity index (χ0n) is 11.1. The second kappa shape index (κ2) is 5.19. The van der Waals surface area contributed by atoms with Crippen molar-refractivity contribution in [2.75, 3.05) is 0 Å². The van der Waals surface area contributed by atoms with Gasteiger partial charge in [0.1, 0.15) is 17.7 Å². The first-order valence-corrected chi connectivity index (χ1v) is 7.31. The van der Waals surface area contributed by atoms with Crippen molar-refractivity contribution >= 4 is 15.9 Å². The van der Waals surface area contributed by atoms with Crippen molar-refractivity contribution in [3.05, 3.63) is 63.4 Å². The van der Waals surface area contributed by atoms with Gasteiger partial charge < -0.3 is 10.5 Å². The number of halogens is 2. The van der Waals surface area contributed by atoms with Crippen LogP contribution in [0.25, 0.3) is 0 Å². The maximum atomic E-state index is 13.4. The highest BCUT2D eigenvalue weighted by Gasteiger charge is 2.28. The zero-order valence-corrected chi connectivity index (χ0v) is 12.7. The van der Waals surface area contributed by atoms with E-state index in [1.165, 1.54) is 17.7 Å². The van der Waals surface area contributed by atoms with Crippen LogP contribution in [0.1, 0.15) is 35.3 Å². The second-order valence-electron chi connectivity index (χ2n) is 5.16. The highest BCUT2D eigenvalue weighted by Crippen LogP contribution is 2.41. The summed E-state index contributed by atoms with van der Waals surface area (Å²) in [6.07, 6.45) is 0.523. The number of ether oxygens (including phenoxy) is 1. The number of nitrogens with two attached hydrogens (primary N) is 1. The average Bonchev–Trinajstić information content (AvgIpc) is 2.37. The summed E-state index contributed by atoms with van der Waals surface area (Å²) in [4.78, 5) is 0. The lowest BCUT2D eigenvalue weighted by molar-refractivity contribution is 0.160. The molecule has 0 saturated carbocycles. The van der Waals surface area contributed by atoms with Crippen molar-refractivity contribution in [1.29, 1.82) is 0 Å². The van der Waals surface area contributed by atoms with Crippen molar-refractivity contribution < 1.29 is 9.13 Å². The van der Waals surface area contributed by atoms with Crippen LogP contribution in [0.2, 0.25) is 0 Å². The molecular formula is C16H15BrFNO. The first-order valence-electron chi connectivity index (χ1n) is 6.52. The van der Waals surface area contributed by atoms with Crippen LogP contribution < -0.4 is 10.5 Å². The topological polar surface area (TPSA) is 35.2 Å². The summed E-state index contributed by atoms with van der Waals surface area (Å²) in [5.74, 6) is 0.237. The van der Waals surface area contributed by atoms with Crippen molar-refractivity contribution in [3.8, 4) is 5.75 Å². The van der Waals surface area contributed by atoms with Gasteiger partial charge in [0.05, 0.1) is 0 Å². The summed E-state index contributed by atoms with van der Waals surface area (Å²) in [6.45, 7) is 2.03. The predicted molar refractivity (Wildman–Crippen MR) is 80.2 cm³/mol. The molecule has 2 unspecified atom stereocenters. The molecule has 2 nitrogen and oxygen atoms in total. The molecule has 2 N–H and O–H groups in total. The van der Waals surface area contributed by atoms with Crippen molar-refractivity contribution in [2.45, 2.75) is 25.5 Å². The van der Waals surface area contributed by atoms with Crippen LogP contribution in [0, 0.1) is 12.7 Å². The number of aryl methyl sites for hydroxylation is 1. The Kier molecular flexibility index (Phi) is 3.52. The molecule has 0 fully saturated rings. The van der Waals surface area contributed by atoms with Crippen molar-refractivity contribution in [2.24, 2.45) is 5.73 Å². The molecule has 3 rings (SSSR count). The Hall–Kier alpha value is -1.39. The molecule has 1 heterocycles. The van der Waals surface area contributed by atoms with E-state index in [1.54, 1.807) is 6.07 Å². The van der Waals surface area contributed by atoms with E-state index in [2.05, 4.69) is 15.9 Å². The molecule has 2 aromatic carbocycles. The molecule has 20 heavy (non-hydrogen) atoms. The van der Waals surface area contributed by atoms with Gasteiger partial charge in [-0.1, -0.05) is 34.1 Å². The van der Waals surface area contributed by atoms with Gasteiger partial charge in [0, 0.05) is 34.1 Å². The van der Waals surface area contributed by atoms with Crippen LogP contribution in [-0.2, 0) is 0 Å². The predicted octanol–water partition coefficient (Wildman–Crippen LogP) is 4.42. The molecule has 2 atom stereocenters. The van der Waals surface area contributed by atoms with Gasteiger partial charge in [-0.05, 0) is 24.6 Å². The molecule has 0 bridgehead atoms. The monoisotopic (exact) mass is 335 g/mol. The van der Waals surface area contributed by atoms with E-state index in [0.29, 0.717) is 12.2 Å². The largest absolute Gasteiger partial charge is 0.485 e. The first-order chi connectivity index (χ1) is 9.54. The summed E-state index contributed by atoms with van der Waals surface area (Å²) in [7, 11) is 0.